The highest BCUT2D eigenvalue weighted by Gasteiger charge is 2.28. The monoisotopic (exact) mass is 373 g/mol. The summed E-state index contributed by atoms with van der Waals surface area (Å²) in [4.78, 5) is 15.1. The van der Waals surface area contributed by atoms with Gasteiger partial charge in [-0.3, -0.25) is 4.79 Å². The Morgan fingerprint density at radius 1 is 1.22 bits per heavy atom. The quantitative estimate of drug-likeness (QED) is 0.652. The number of benzene rings is 1. The molecule has 2 fully saturated rings. The van der Waals surface area contributed by atoms with E-state index in [1.807, 2.05) is 0 Å². The summed E-state index contributed by atoms with van der Waals surface area (Å²) >= 11 is 0. The minimum absolute atomic E-state index is 0.00634. The third-order valence-electron chi connectivity index (χ3n) is 6.01. The van der Waals surface area contributed by atoms with Crippen LogP contribution in [0.1, 0.15) is 44.1 Å². The average molecular weight is 374 g/mol. The summed E-state index contributed by atoms with van der Waals surface area (Å²) in [5.74, 6) is 0.632. The molecule has 0 radical (unpaired) electrons. The molecule has 0 spiro atoms. The number of nitrogens with zero attached hydrogens (tertiary/aromatic N) is 1. The largest absolute Gasteiger partial charge is 0.394 e. The number of hydrogen-bond donors (Lipinski definition) is 3. The third kappa shape index (κ3) is 6.59. The zero-order valence-corrected chi connectivity index (χ0v) is 16.4. The molecule has 1 aromatic carbocycles. The number of rotatable bonds is 8. The Morgan fingerprint density at radius 2 is 2.00 bits per heavy atom. The number of aliphatic hydroxyl groups excluding tert-OH is 1. The Hall–Kier alpha value is -1.43. The SMILES string of the molecule is O=C(NC(CO)CN1CCCCC1)C1CC(CCc2ccccc2)CCN1. The van der Waals surface area contributed by atoms with E-state index < -0.39 is 0 Å². The standard InChI is InChI=1S/C22H35N3O2/c26-17-20(16-25-13-5-2-6-14-25)24-22(27)21-15-19(11-12-23-21)10-9-18-7-3-1-4-8-18/h1,3-4,7-8,19-21,23,26H,2,5-6,9-17H2,(H,24,27). The minimum Gasteiger partial charge on any atom is -0.394 e. The van der Waals surface area contributed by atoms with Crippen LogP contribution in [0.2, 0.25) is 0 Å². The molecule has 27 heavy (non-hydrogen) atoms. The summed E-state index contributed by atoms with van der Waals surface area (Å²) in [6.45, 7) is 3.82. The molecule has 0 bridgehead atoms. The predicted octanol–water partition coefficient (Wildman–Crippen LogP) is 1.95. The van der Waals surface area contributed by atoms with Crippen molar-refractivity contribution in [2.75, 3.05) is 32.8 Å². The normalized spacial score (nSPS) is 25.1. The number of aliphatic hydroxyl groups is 1. The molecule has 1 aromatic rings. The Labute approximate surface area is 163 Å². The van der Waals surface area contributed by atoms with Crippen LogP contribution >= 0.6 is 0 Å². The summed E-state index contributed by atoms with van der Waals surface area (Å²) in [6.07, 6.45) is 7.97. The number of piperidine rings is 2. The number of likely N-dealkylation sites (tertiary alicyclic amines) is 1. The van der Waals surface area contributed by atoms with Crippen LogP contribution in [0, 0.1) is 5.92 Å². The van der Waals surface area contributed by atoms with Crippen LogP contribution < -0.4 is 10.6 Å². The molecule has 2 saturated heterocycles. The van der Waals surface area contributed by atoms with Gasteiger partial charge >= 0.3 is 0 Å². The van der Waals surface area contributed by atoms with Gasteiger partial charge in [-0.15, -0.1) is 0 Å². The summed E-state index contributed by atoms with van der Waals surface area (Å²) in [6, 6.07) is 10.3. The zero-order chi connectivity index (χ0) is 18.9. The van der Waals surface area contributed by atoms with E-state index in [1.165, 1.54) is 24.8 Å². The van der Waals surface area contributed by atoms with Gasteiger partial charge in [-0.05, 0) is 69.6 Å². The fraction of sp³-hybridized carbons (Fsp3) is 0.682. The first-order valence-electron chi connectivity index (χ1n) is 10.7. The van der Waals surface area contributed by atoms with Gasteiger partial charge in [-0.2, -0.15) is 0 Å². The van der Waals surface area contributed by atoms with Crippen LogP contribution in [0.25, 0.3) is 0 Å². The number of carbonyl (C=O) groups is 1. The van der Waals surface area contributed by atoms with E-state index in [-0.39, 0.29) is 24.6 Å². The number of amides is 1. The van der Waals surface area contributed by atoms with Gasteiger partial charge in [0, 0.05) is 6.54 Å². The van der Waals surface area contributed by atoms with Gasteiger partial charge in [-0.1, -0.05) is 36.8 Å². The van der Waals surface area contributed by atoms with Crippen molar-refractivity contribution < 1.29 is 9.90 Å². The number of hydrogen-bond acceptors (Lipinski definition) is 4. The Kier molecular flexibility index (Phi) is 8.11. The van der Waals surface area contributed by atoms with Gasteiger partial charge in [0.2, 0.25) is 5.91 Å². The lowest BCUT2D eigenvalue weighted by molar-refractivity contribution is -0.125. The van der Waals surface area contributed by atoms with Gasteiger partial charge in [0.25, 0.3) is 0 Å². The predicted molar refractivity (Wildman–Crippen MR) is 109 cm³/mol. The minimum atomic E-state index is -0.165. The van der Waals surface area contributed by atoms with E-state index in [0.29, 0.717) is 5.92 Å². The molecule has 3 atom stereocenters. The van der Waals surface area contributed by atoms with Crippen LogP contribution in [-0.4, -0.2) is 60.8 Å². The van der Waals surface area contributed by atoms with E-state index >= 15 is 0 Å². The van der Waals surface area contributed by atoms with Gasteiger partial charge in [0.05, 0.1) is 18.7 Å². The molecular formula is C22H35N3O2. The van der Waals surface area contributed by atoms with Gasteiger partial charge in [0.15, 0.2) is 0 Å². The lowest BCUT2D eigenvalue weighted by Gasteiger charge is -2.33. The molecule has 5 heteroatoms. The molecule has 1 amide bonds. The van der Waals surface area contributed by atoms with Crippen molar-refractivity contribution in [1.82, 2.24) is 15.5 Å². The van der Waals surface area contributed by atoms with Gasteiger partial charge < -0.3 is 20.6 Å². The molecule has 0 saturated carbocycles. The lowest BCUT2D eigenvalue weighted by Crippen LogP contribution is -2.54. The zero-order valence-electron chi connectivity index (χ0n) is 16.4. The number of nitrogens with one attached hydrogen (secondary N) is 2. The van der Waals surface area contributed by atoms with Crippen molar-refractivity contribution in [3.63, 3.8) is 0 Å². The molecule has 3 N–H and O–H groups in total. The maximum atomic E-state index is 12.7. The molecule has 2 aliphatic rings. The molecular weight excluding hydrogens is 338 g/mol. The first kappa shape index (κ1) is 20.3. The molecule has 0 aliphatic carbocycles. The second kappa shape index (κ2) is 10.8. The topological polar surface area (TPSA) is 64.6 Å². The molecule has 150 valence electrons. The molecule has 0 aromatic heterocycles. The summed E-state index contributed by atoms with van der Waals surface area (Å²) in [5.41, 5.74) is 1.37. The molecule has 3 unspecified atom stereocenters. The third-order valence-corrected chi connectivity index (χ3v) is 6.01. The van der Waals surface area contributed by atoms with Crippen molar-refractivity contribution in [3.05, 3.63) is 35.9 Å². The Morgan fingerprint density at radius 3 is 2.74 bits per heavy atom. The molecule has 2 heterocycles. The van der Waals surface area contributed by atoms with Crippen molar-refractivity contribution in [3.8, 4) is 0 Å². The second-order valence-corrected chi connectivity index (χ2v) is 8.17. The number of carbonyl (C=O) groups excluding carboxylic acids is 1. The second-order valence-electron chi connectivity index (χ2n) is 8.17. The van der Waals surface area contributed by atoms with E-state index in [4.69, 9.17) is 0 Å². The fourth-order valence-corrected chi connectivity index (χ4v) is 4.38. The van der Waals surface area contributed by atoms with E-state index in [1.54, 1.807) is 0 Å². The van der Waals surface area contributed by atoms with E-state index in [9.17, 15) is 9.90 Å². The van der Waals surface area contributed by atoms with E-state index in [2.05, 4.69) is 45.9 Å². The molecule has 2 aliphatic heterocycles. The maximum absolute atomic E-state index is 12.7. The van der Waals surface area contributed by atoms with Crippen LogP contribution in [0.4, 0.5) is 0 Å². The van der Waals surface area contributed by atoms with Crippen LogP contribution in [0.3, 0.4) is 0 Å². The first-order chi connectivity index (χ1) is 13.2. The molecule has 5 nitrogen and oxygen atoms in total. The highest BCUT2D eigenvalue weighted by atomic mass is 16.3. The van der Waals surface area contributed by atoms with Crippen LogP contribution in [0.15, 0.2) is 30.3 Å². The highest BCUT2D eigenvalue weighted by Crippen LogP contribution is 2.22. The summed E-state index contributed by atoms with van der Waals surface area (Å²) in [7, 11) is 0. The Bertz CT molecular complexity index is 560. The first-order valence-corrected chi connectivity index (χ1v) is 10.7. The summed E-state index contributed by atoms with van der Waals surface area (Å²) < 4.78 is 0. The van der Waals surface area contributed by atoms with E-state index in [0.717, 1.165) is 51.9 Å². The van der Waals surface area contributed by atoms with Crippen molar-refractivity contribution >= 4 is 5.91 Å². The highest BCUT2D eigenvalue weighted by molar-refractivity contribution is 5.82. The fourth-order valence-electron chi connectivity index (χ4n) is 4.38. The van der Waals surface area contributed by atoms with Gasteiger partial charge in [0.1, 0.15) is 0 Å². The average Bonchev–Trinajstić information content (AvgIpc) is 2.73. The van der Waals surface area contributed by atoms with Crippen molar-refractivity contribution in [1.29, 1.82) is 0 Å². The van der Waals surface area contributed by atoms with Crippen molar-refractivity contribution in [2.24, 2.45) is 5.92 Å². The smallest absolute Gasteiger partial charge is 0.237 e. The van der Waals surface area contributed by atoms with Crippen LogP contribution in [-0.2, 0) is 11.2 Å². The summed E-state index contributed by atoms with van der Waals surface area (Å²) in [5, 5.41) is 16.2. The molecule has 3 rings (SSSR count). The van der Waals surface area contributed by atoms with Gasteiger partial charge in [-0.25, -0.2) is 0 Å². The Balaban J connectivity index is 1.43. The maximum Gasteiger partial charge on any atom is 0.237 e. The lowest BCUT2D eigenvalue weighted by atomic mass is 9.87. The van der Waals surface area contributed by atoms with Crippen molar-refractivity contribution in [2.45, 2.75) is 57.0 Å². The van der Waals surface area contributed by atoms with Crippen LogP contribution in [0.5, 0.6) is 0 Å². The number of aryl methyl sites for hydroxylation is 1.